The molecule has 3 aromatic rings. The zero-order chi connectivity index (χ0) is 25.1. The number of anilines is 1. The summed E-state index contributed by atoms with van der Waals surface area (Å²) in [5.41, 5.74) is 5.24. The highest BCUT2D eigenvalue weighted by Gasteiger charge is 2.29. The maximum Gasteiger partial charge on any atom is 0.411 e. The predicted octanol–water partition coefficient (Wildman–Crippen LogP) is 5.65. The summed E-state index contributed by atoms with van der Waals surface area (Å²) in [6, 6.07) is 19.8. The molecule has 2 amide bonds. The molecule has 180 valence electrons. The van der Waals surface area contributed by atoms with Crippen LogP contribution in [0.2, 0.25) is 0 Å². The summed E-state index contributed by atoms with van der Waals surface area (Å²) < 4.78 is 6.03. The molecule has 0 aliphatic heterocycles. The van der Waals surface area contributed by atoms with Crippen LogP contribution in [0, 0.1) is 5.92 Å². The summed E-state index contributed by atoms with van der Waals surface area (Å²) in [6.07, 6.45) is -0.615. The smallest absolute Gasteiger partial charge is 0.411 e. The first-order chi connectivity index (χ1) is 16.8. The molecule has 0 aromatic heterocycles. The summed E-state index contributed by atoms with van der Waals surface area (Å²) in [7, 11) is 0. The average molecular weight is 537 g/mol. The summed E-state index contributed by atoms with van der Waals surface area (Å²) >= 11 is 3.36. The number of hydrogen-bond acceptors (Lipinski definition) is 4. The monoisotopic (exact) mass is 536 g/mol. The number of amides is 2. The van der Waals surface area contributed by atoms with E-state index in [0.29, 0.717) is 10.2 Å². The molecule has 0 saturated carbocycles. The first kappa shape index (κ1) is 24.5. The Morgan fingerprint density at radius 1 is 0.971 bits per heavy atom. The lowest BCUT2D eigenvalue weighted by molar-refractivity contribution is -0.140. The highest BCUT2D eigenvalue weighted by molar-refractivity contribution is 9.10. The standard InChI is InChI=1S/C27H25BrN2O5/c1-15(2)24(26(32)33)30-25(31)16-11-12-23(22(28)13-16)29-27(34)35-14-21-19-9-5-3-7-17(19)18-8-4-6-10-20(18)21/h3-13,15,21,24H,14H2,1-2H3,(H,29,34)(H,30,31)(H,32,33). The van der Waals surface area contributed by atoms with E-state index in [2.05, 4.69) is 50.8 Å². The first-order valence-electron chi connectivity index (χ1n) is 11.2. The van der Waals surface area contributed by atoms with Gasteiger partial charge in [0.2, 0.25) is 0 Å². The van der Waals surface area contributed by atoms with Gasteiger partial charge in [0, 0.05) is 16.0 Å². The van der Waals surface area contributed by atoms with Crippen LogP contribution >= 0.6 is 15.9 Å². The van der Waals surface area contributed by atoms with Crippen LogP contribution in [0.15, 0.2) is 71.2 Å². The van der Waals surface area contributed by atoms with Gasteiger partial charge in [0.05, 0.1) is 5.69 Å². The number of aliphatic carboxylic acids is 1. The third kappa shape index (κ3) is 5.22. The van der Waals surface area contributed by atoms with Gasteiger partial charge in [-0.1, -0.05) is 62.4 Å². The minimum atomic E-state index is -1.10. The van der Waals surface area contributed by atoms with Gasteiger partial charge in [0.25, 0.3) is 5.91 Å². The number of carbonyl (C=O) groups is 3. The zero-order valence-electron chi connectivity index (χ0n) is 19.2. The zero-order valence-corrected chi connectivity index (χ0v) is 20.8. The second-order valence-corrected chi connectivity index (χ2v) is 9.53. The van der Waals surface area contributed by atoms with Crippen molar-refractivity contribution >= 4 is 39.6 Å². The number of hydrogen-bond donors (Lipinski definition) is 3. The van der Waals surface area contributed by atoms with Crippen molar-refractivity contribution in [3.05, 3.63) is 87.9 Å². The highest BCUT2D eigenvalue weighted by atomic mass is 79.9. The van der Waals surface area contributed by atoms with Crippen LogP contribution in [-0.4, -0.2) is 35.7 Å². The number of benzene rings is 3. The molecule has 7 nitrogen and oxygen atoms in total. The molecule has 0 fully saturated rings. The molecular weight excluding hydrogens is 512 g/mol. The number of halogens is 1. The Bertz CT molecular complexity index is 1240. The van der Waals surface area contributed by atoms with E-state index in [0.717, 1.165) is 22.3 Å². The number of carbonyl (C=O) groups excluding carboxylic acids is 2. The van der Waals surface area contributed by atoms with Crippen molar-refractivity contribution in [2.45, 2.75) is 25.8 Å². The lowest BCUT2D eigenvalue weighted by Crippen LogP contribution is -2.44. The quantitative estimate of drug-likeness (QED) is 0.362. The van der Waals surface area contributed by atoms with Gasteiger partial charge in [0.15, 0.2) is 0 Å². The van der Waals surface area contributed by atoms with E-state index in [1.165, 1.54) is 12.1 Å². The van der Waals surface area contributed by atoms with E-state index in [1.54, 1.807) is 19.9 Å². The molecule has 0 radical (unpaired) electrons. The Morgan fingerprint density at radius 2 is 1.57 bits per heavy atom. The number of nitrogens with one attached hydrogen (secondary N) is 2. The summed E-state index contributed by atoms with van der Waals surface area (Å²) in [6.45, 7) is 3.62. The lowest BCUT2D eigenvalue weighted by atomic mass is 9.98. The van der Waals surface area contributed by atoms with Gasteiger partial charge >= 0.3 is 12.1 Å². The topological polar surface area (TPSA) is 105 Å². The molecule has 8 heteroatoms. The largest absolute Gasteiger partial charge is 0.480 e. The minimum absolute atomic E-state index is 0.0502. The molecule has 0 heterocycles. The molecule has 0 bridgehead atoms. The summed E-state index contributed by atoms with van der Waals surface area (Å²) in [5.74, 6) is -1.93. The van der Waals surface area contributed by atoms with Crippen LogP contribution in [0.3, 0.4) is 0 Å². The molecule has 0 saturated heterocycles. The molecule has 0 spiro atoms. The highest BCUT2D eigenvalue weighted by Crippen LogP contribution is 2.44. The number of carboxylic acids is 1. The lowest BCUT2D eigenvalue weighted by Gasteiger charge is -2.18. The summed E-state index contributed by atoms with van der Waals surface area (Å²) in [5, 5.41) is 14.5. The number of rotatable bonds is 7. The van der Waals surface area contributed by atoms with Crippen molar-refractivity contribution in [2.75, 3.05) is 11.9 Å². The van der Waals surface area contributed by atoms with Crippen LogP contribution in [0.25, 0.3) is 11.1 Å². The fourth-order valence-electron chi connectivity index (χ4n) is 4.24. The van der Waals surface area contributed by atoms with Crippen LogP contribution in [0.4, 0.5) is 10.5 Å². The summed E-state index contributed by atoms with van der Waals surface area (Å²) in [4.78, 5) is 36.4. The van der Waals surface area contributed by atoms with E-state index in [1.807, 2.05) is 24.3 Å². The van der Waals surface area contributed by atoms with E-state index in [-0.39, 0.29) is 24.0 Å². The Hall–Kier alpha value is -3.65. The van der Waals surface area contributed by atoms with Gasteiger partial charge < -0.3 is 15.2 Å². The van der Waals surface area contributed by atoms with Crippen LogP contribution in [0.5, 0.6) is 0 Å². The molecule has 1 unspecified atom stereocenters. The van der Waals surface area contributed by atoms with E-state index < -0.39 is 24.0 Å². The number of carboxylic acid groups (broad SMARTS) is 1. The van der Waals surface area contributed by atoms with Crippen molar-refractivity contribution in [1.82, 2.24) is 5.32 Å². The van der Waals surface area contributed by atoms with Gasteiger partial charge in [-0.05, 0) is 62.3 Å². The van der Waals surface area contributed by atoms with Gasteiger partial charge in [-0.15, -0.1) is 0 Å². The minimum Gasteiger partial charge on any atom is -0.480 e. The Balaban J connectivity index is 1.40. The molecule has 3 aromatic carbocycles. The van der Waals surface area contributed by atoms with Gasteiger partial charge in [-0.25, -0.2) is 9.59 Å². The van der Waals surface area contributed by atoms with Crippen LogP contribution in [0.1, 0.15) is 41.3 Å². The first-order valence-corrected chi connectivity index (χ1v) is 12.0. The Labute approximate surface area is 211 Å². The van der Waals surface area contributed by atoms with E-state index in [9.17, 15) is 19.5 Å². The molecule has 35 heavy (non-hydrogen) atoms. The van der Waals surface area contributed by atoms with Gasteiger partial charge in [-0.3, -0.25) is 10.1 Å². The maximum atomic E-state index is 12.6. The molecule has 1 aliphatic rings. The molecule has 1 aliphatic carbocycles. The van der Waals surface area contributed by atoms with Crippen molar-refractivity contribution in [1.29, 1.82) is 0 Å². The Morgan fingerprint density at radius 3 is 2.11 bits per heavy atom. The van der Waals surface area contributed by atoms with Crippen LogP contribution < -0.4 is 10.6 Å². The van der Waals surface area contributed by atoms with Crippen molar-refractivity contribution in [2.24, 2.45) is 5.92 Å². The molecule has 1 atom stereocenters. The third-order valence-corrected chi connectivity index (χ3v) is 6.69. The van der Waals surface area contributed by atoms with Gasteiger partial charge in [0.1, 0.15) is 12.6 Å². The maximum absolute atomic E-state index is 12.6. The molecule has 3 N–H and O–H groups in total. The third-order valence-electron chi connectivity index (χ3n) is 6.03. The normalized spacial score (nSPS) is 13.0. The number of fused-ring (bicyclic) bond motifs is 3. The molecular formula is C27H25BrN2O5. The van der Waals surface area contributed by atoms with Crippen molar-refractivity contribution in [3.8, 4) is 11.1 Å². The second-order valence-electron chi connectivity index (χ2n) is 8.68. The van der Waals surface area contributed by atoms with Crippen molar-refractivity contribution in [3.63, 3.8) is 0 Å². The SMILES string of the molecule is CC(C)C(NC(=O)c1ccc(NC(=O)OCC2c3ccccc3-c3ccccc32)c(Br)c1)C(=O)O. The number of ether oxygens (including phenoxy) is 1. The van der Waals surface area contributed by atoms with Gasteiger partial charge in [-0.2, -0.15) is 0 Å². The fraction of sp³-hybridized carbons (Fsp3) is 0.222. The average Bonchev–Trinajstić information content (AvgIpc) is 3.15. The predicted molar refractivity (Wildman–Crippen MR) is 137 cm³/mol. The van der Waals surface area contributed by atoms with Crippen molar-refractivity contribution < 1.29 is 24.2 Å². The second kappa shape index (κ2) is 10.3. The van der Waals surface area contributed by atoms with Crippen LogP contribution in [-0.2, 0) is 9.53 Å². The Kier molecular flexibility index (Phi) is 7.21. The van der Waals surface area contributed by atoms with E-state index >= 15 is 0 Å². The molecule has 4 rings (SSSR count). The fourth-order valence-corrected chi connectivity index (χ4v) is 4.72. The van der Waals surface area contributed by atoms with E-state index in [4.69, 9.17) is 4.74 Å².